The molecule has 0 bridgehead atoms. The number of amides is 1. The highest BCUT2D eigenvalue weighted by atomic mass is 35.5. The fraction of sp³-hybridized carbons (Fsp3) is 0.393. The van der Waals surface area contributed by atoms with Gasteiger partial charge in [-0.05, 0) is 50.1 Å². The summed E-state index contributed by atoms with van der Waals surface area (Å²) in [6.07, 6.45) is 6.17. The summed E-state index contributed by atoms with van der Waals surface area (Å²) in [4.78, 5) is 54.2. The van der Waals surface area contributed by atoms with E-state index in [4.69, 9.17) is 22.1 Å². The van der Waals surface area contributed by atoms with Crippen LogP contribution in [-0.4, -0.2) is 44.4 Å². The number of halogens is 2. The largest absolute Gasteiger partial charge is 0.452 e. The normalized spacial score (nSPS) is 11.2. The molecule has 13 heteroatoms. The number of hydrogen-bond donors (Lipinski definition) is 2. The number of ether oxygens (including phenoxy) is 1. The molecule has 11 nitrogen and oxygen atoms in total. The molecule has 41 heavy (non-hydrogen) atoms. The van der Waals surface area contributed by atoms with Crippen molar-refractivity contribution in [1.82, 2.24) is 19.3 Å². The summed E-state index contributed by atoms with van der Waals surface area (Å²) >= 11 is 6.44. The average molecular weight is 589 g/mol. The summed E-state index contributed by atoms with van der Waals surface area (Å²) in [5.74, 6) is -2.02. The number of hydrogen-bond acceptors (Lipinski definition) is 7. The lowest BCUT2D eigenvalue weighted by atomic mass is 10.2. The lowest BCUT2D eigenvalue weighted by Gasteiger charge is -2.24. The second kappa shape index (κ2) is 14.4. The van der Waals surface area contributed by atoms with Crippen LogP contribution in [0.2, 0.25) is 5.15 Å². The first-order valence-corrected chi connectivity index (χ1v) is 13.8. The molecule has 2 aromatic heterocycles. The van der Waals surface area contributed by atoms with Crippen molar-refractivity contribution in [1.29, 1.82) is 0 Å². The molecular weight excluding hydrogens is 555 g/mol. The maximum absolute atomic E-state index is 13.3. The number of H-pyrrole nitrogens is 1. The SMILES string of the molecule is CCCCCN(C(=O)COC(=O)/C=C/c1c(C)nn(-c2ccc(F)cc2)c1Cl)c1c(N)n(CCCC)c(=O)[nH]c1=O. The predicted octanol–water partition coefficient (Wildman–Crippen LogP) is 3.99. The Bertz CT molecular complexity index is 1530. The molecule has 3 N–H and O–H groups in total. The molecule has 0 aliphatic heterocycles. The van der Waals surface area contributed by atoms with Crippen molar-refractivity contribution in [3.63, 3.8) is 0 Å². The second-order valence-electron chi connectivity index (χ2n) is 9.37. The highest BCUT2D eigenvalue weighted by Crippen LogP contribution is 2.25. The fourth-order valence-corrected chi connectivity index (χ4v) is 4.46. The minimum atomic E-state index is -0.827. The van der Waals surface area contributed by atoms with Crippen molar-refractivity contribution in [3.8, 4) is 5.69 Å². The summed E-state index contributed by atoms with van der Waals surface area (Å²) < 4.78 is 21.1. The molecule has 0 radical (unpaired) electrons. The molecule has 220 valence electrons. The summed E-state index contributed by atoms with van der Waals surface area (Å²) in [7, 11) is 0. The van der Waals surface area contributed by atoms with Crippen molar-refractivity contribution < 1.29 is 18.7 Å². The molecular formula is C28H34ClFN6O5. The van der Waals surface area contributed by atoms with Crippen LogP contribution >= 0.6 is 11.6 Å². The second-order valence-corrected chi connectivity index (χ2v) is 9.73. The van der Waals surface area contributed by atoms with Gasteiger partial charge in [0.25, 0.3) is 11.5 Å². The number of rotatable bonds is 13. The van der Waals surface area contributed by atoms with Gasteiger partial charge in [0.1, 0.15) is 16.8 Å². The van der Waals surface area contributed by atoms with Crippen LogP contribution in [0.25, 0.3) is 11.8 Å². The van der Waals surface area contributed by atoms with E-state index in [9.17, 15) is 23.6 Å². The Morgan fingerprint density at radius 3 is 2.49 bits per heavy atom. The van der Waals surface area contributed by atoms with Crippen molar-refractivity contribution in [2.75, 3.05) is 23.8 Å². The number of nitrogens with two attached hydrogens (primary N) is 1. The first-order chi connectivity index (χ1) is 19.6. The van der Waals surface area contributed by atoms with Gasteiger partial charge in [-0.15, -0.1) is 0 Å². The van der Waals surface area contributed by atoms with Crippen LogP contribution in [0.15, 0.2) is 39.9 Å². The zero-order chi connectivity index (χ0) is 30.1. The Hall–Kier alpha value is -4.19. The third-order valence-corrected chi connectivity index (χ3v) is 6.71. The van der Waals surface area contributed by atoms with Crippen molar-refractivity contribution in [3.05, 3.63) is 73.4 Å². The van der Waals surface area contributed by atoms with E-state index in [2.05, 4.69) is 10.1 Å². The van der Waals surface area contributed by atoms with Crippen LogP contribution in [0.4, 0.5) is 15.9 Å². The van der Waals surface area contributed by atoms with E-state index in [1.165, 1.54) is 39.6 Å². The molecule has 0 saturated carbocycles. The molecule has 0 aliphatic rings. The van der Waals surface area contributed by atoms with Crippen LogP contribution in [0, 0.1) is 12.7 Å². The number of nitrogen functional groups attached to an aromatic ring is 1. The number of aromatic nitrogens is 4. The molecule has 0 unspecified atom stereocenters. The monoisotopic (exact) mass is 588 g/mol. The van der Waals surface area contributed by atoms with Crippen molar-refractivity contribution in [2.24, 2.45) is 0 Å². The topological polar surface area (TPSA) is 145 Å². The number of carbonyl (C=O) groups is 2. The molecule has 1 aromatic carbocycles. The van der Waals surface area contributed by atoms with E-state index in [0.29, 0.717) is 29.8 Å². The Morgan fingerprint density at radius 1 is 1.15 bits per heavy atom. The predicted molar refractivity (Wildman–Crippen MR) is 156 cm³/mol. The van der Waals surface area contributed by atoms with Gasteiger partial charge in [-0.25, -0.2) is 18.7 Å². The fourth-order valence-electron chi connectivity index (χ4n) is 4.12. The summed E-state index contributed by atoms with van der Waals surface area (Å²) in [6, 6.07) is 5.58. The van der Waals surface area contributed by atoms with Gasteiger partial charge < -0.3 is 15.4 Å². The number of aromatic amines is 1. The maximum atomic E-state index is 13.3. The van der Waals surface area contributed by atoms with E-state index in [1.54, 1.807) is 6.92 Å². The quantitative estimate of drug-likeness (QED) is 0.174. The third-order valence-electron chi connectivity index (χ3n) is 6.35. The lowest BCUT2D eigenvalue weighted by molar-refractivity contribution is -0.142. The van der Waals surface area contributed by atoms with Crippen molar-refractivity contribution >= 4 is 41.1 Å². The van der Waals surface area contributed by atoms with Crippen molar-refractivity contribution in [2.45, 2.75) is 59.4 Å². The van der Waals surface area contributed by atoms with Gasteiger partial charge in [-0.2, -0.15) is 5.10 Å². The van der Waals surface area contributed by atoms with E-state index < -0.39 is 35.5 Å². The maximum Gasteiger partial charge on any atom is 0.331 e. The highest BCUT2D eigenvalue weighted by Gasteiger charge is 2.25. The zero-order valence-corrected chi connectivity index (χ0v) is 24.0. The molecule has 1 amide bonds. The minimum absolute atomic E-state index is 0.119. The summed E-state index contributed by atoms with van der Waals surface area (Å²) in [5.41, 5.74) is 6.09. The molecule has 0 atom stereocenters. The minimum Gasteiger partial charge on any atom is -0.452 e. The number of carbonyl (C=O) groups excluding carboxylic acids is 2. The number of anilines is 2. The molecule has 3 rings (SSSR count). The average Bonchev–Trinajstić information content (AvgIpc) is 3.22. The number of nitrogens with zero attached hydrogens (tertiary/aromatic N) is 4. The Labute approximate surface area is 241 Å². The third kappa shape index (κ3) is 7.72. The van der Waals surface area contributed by atoms with Crippen LogP contribution < -0.4 is 21.9 Å². The van der Waals surface area contributed by atoms with Gasteiger partial charge in [0, 0.05) is 24.7 Å². The molecule has 3 aromatic rings. The van der Waals surface area contributed by atoms with Gasteiger partial charge in [-0.1, -0.05) is 44.7 Å². The Morgan fingerprint density at radius 2 is 1.83 bits per heavy atom. The van der Waals surface area contributed by atoms with Crippen LogP contribution in [0.1, 0.15) is 57.2 Å². The first kappa shape index (κ1) is 31.3. The number of benzene rings is 1. The van der Waals surface area contributed by atoms with Crippen LogP contribution in [-0.2, 0) is 20.9 Å². The Balaban J connectivity index is 1.77. The highest BCUT2D eigenvalue weighted by molar-refractivity contribution is 6.31. The molecule has 0 aliphatic carbocycles. The van der Waals surface area contributed by atoms with E-state index in [1.807, 2.05) is 13.8 Å². The number of unbranched alkanes of at least 4 members (excludes halogenated alkanes) is 3. The summed E-state index contributed by atoms with van der Waals surface area (Å²) in [5, 5.41) is 4.53. The van der Waals surface area contributed by atoms with Gasteiger partial charge in [0.2, 0.25) is 0 Å². The van der Waals surface area contributed by atoms with E-state index in [-0.39, 0.29) is 29.7 Å². The van der Waals surface area contributed by atoms with E-state index in [0.717, 1.165) is 30.2 Å². The van der Waals surface area contributed by atoms with E-state index >= 15 is 0 Å². The van der Waals surface area contributed by atoms with Gasteiger partial charge in [0.15, 0.2) is 12.3 Å². The molecule has 0 saturated heterocycles. The van der Waals surface area contributed by atoms with Crippen LogP contribution in [0.3, 0.4) is 0 Å². The summed E-state index contributed by atoms with van der Waals surface area (Å²) in [6.45, 7) is 5.40. The van der Waals surface area contributed by atoms with Gasteiger partial charge in [0.05, 0.1) is 11.4 Å². The Kier molecular flexibility index (Phi) is 11.0. The number of aryl methyl sites for hydroxylation is 1. The van der Waals surface area contributed by atoms with Crippen LogP contribution in [0.5, 0.6) is 0 Å². The van der Waals surface area contributed by atoms with Gasteiger partial charge in [-0.3, -0.25) is 19.1 Å². The van der Waals surface area contributed by atoms with Gasteiger partial charge >= 0.3 is 11.7 Å². The zero-order valence-electron chi connectivity index (χ0n) is 23.3. The first-order valence-electron chi connectivity index (χ1n) is 13.4. The molecule has 0 spiro atoms. The number of esters is 1. The molecule has 2 heterocycles. The molecule has 0 fully saturated rings. The lowest BCUT2D eigenvalue weighted by Crippen LogP contribution is -2.43. The number of nitrogens with one attached hydrogen (secondary N) is 1. The smallest absolute Gasteiger partial charge is 0.331 e. The standard InChI is InChI=1S/C28H34ClFN6O5/c1-4-6-8-16-34(24-26(31)35(15-7-5-2)28(40)32-27(24)39)22(37)17-41-23(38)14-13-21-18(3)33-36(25(21)29)20-11-9-19(30)10-12-20/h9-14H,4-8,15-17,31H2,1-3H3,(H,32,39,40)/b14-13+.